The van der Waals surface area contributed by atoms with Gasteiger partial charge in [0.1, 0.15) is 0 Å². The molecule has 4 nitrogen and oxygen atoms in total. The highest BCUT2D eigenvalue weighted by atomic mass is 16.5. The number of pyridine rings is 1. The van der Waals surface area contributed by atoms with Gasteiger partial charge in [-0.1, -0.05) is 13.0 Å². The Balaban J connectivity index is 1.99. The van der Waals surface area contributed by atoms with Crippen molar-refractivity contribution in [2.75, 3.05) is 38.3 Å². The molecule has 2 heterocycles. The number of nitrogens with zero attached hydrogens (tertiary/aromatic N) is 2. The van der Waals surface area contributed by atoms with Crippen LogP contribution in [0.15, 0.2) is 30.0 Å². The Labute approximate surface area is 115 Å². The van der Waals surface area contributed by atoms with Crippen LogP contribution in [0.25, 0.3) is 0 Å². The van der Waals surface area contributed by atoms with E-state index < -0.39 is 0 Å². The lowest BCUT2D eigenvalue weighted by atomic mass is 10.1. The highest BCUT2D eigenvalue weighted by Crippen LogP contribution is 2.20. The molecule has 0 radical (unpaired) electrons. The Morgan fingerprint density at radius 2 is 2.37 bits per heavy atom. The molecule has 0 aliphatic carbocycles. The van der Waals surface area contributed by atoms with Crippen LogP contribution < -0.4 is 10.2 Å². The van der Waals surface area contributed by atoms with Crippen LogP contribution in [-0.4, -0.2) is 38.3 Å². The zero-order valence-corrected chi connectivity index (χ0v) is 11.9. The van der Waals surface area contributed by atoms with Crippen LogP contribution in [0.2, 0.25) is 0 Å². The quantitative estimate of drug-likeness (QED) is 0.795. The largest absolute Gasteiger partial charge is 0.380 e. The summed E-state index contributed by atoms with van der Waals surface area (Å²) in [6.45, 7) is 6.69. The van der Waals surface area contributed by atoms with Crippen molar-refractivity contribution in [2.24, 2.45) is 0 Å². The van der Waals surface area contributed by atoms with Gasteiger partial charge in [0.25, 0.3) is 0 Å². The van der Waals surface area contributed by atoms with Crippen molar-refractivity contribution in [3.05, 3.63) is 35.7 Å². The van der Waals surface area contributed by atoms with Crippen LogP contribution >= 0.6 is 0 Å². The van der Waals surface area contributed by atoms with Crippen molar-refractivity contribution in [3.8, 4) is 0 Å². The number of hydrogen-bond donors (Lipinski definition) is 1. The highest BCUT2D eigenvalue weighted by Gasteiger charge is 2.12. The van der Waals surface area contributed by atoms with Gasteiger partial charge in [-0.05, 0) is 30.7 Å². The van der Waals surface area contributed by atoms with Gasteiger partial charge >= 0.3 is 0 Å². The molecule has 1 aromatic rings. The van der Waals surface area contributed by atoms with Gasteiger partial charge in [-0.25, -0.2) is 0 Å². The van der Waals surface area contributed by atoms with E-state index in [1.807, 2.05) is 6.20 Å². The van der Waals surface area contributed by atoms with Crippen LogP contribution in [-0.2, 0) is 11.3 Å². The fourth-order valence-corrected chi connectivity index (χ4v) is 2.27. The smallest absolute Gasteiger partial charge is 0.0674 e. The second kappa shape index (κ2) is 7.26. The number of nitrogens with one attached hydrogen (secondary N) is 1. The molecule has 1 aliphatic rings. The Morgan fingerprint density at radius 3 is 3.05 bits per heavy atom. The van der Waals surface area contributed by atoms with E-state index in [4.69, 9.17) is 4.74 Å². The molecule has 0 spiro atoms. The molecule has 1 aromatic heterocycles. The third-order valence-corrected chi connectivity index (χ3v) is 3.35. The minimum atomic E-state index is 0.760. The van der Waals surface area contributed by atoms with Crippen molar-refractivity contribution in [1.82, 2.24) is 10.3 Å². The van der Waals surface area contributed by atoms with Gasteiger partial charge in [0.2, 0.25) is 0 Å². The summed E-state index contributed by atoms with van der Waals surface area (Å²) in [6, 6.07) is 4.27. The second-order valence-corrected chi connectivity index (χ2v) is 4.78. The average Bonchev–Trinajstić information content (AvgIpc) is 2.46. The summed E-state index contributed by atoms with van der Waals surface area (Å²) >= 11 is 0. The number of rotatable bonds is 6. The maximum Gasteiger partial charge on any atom is 0.0674 e. The van der Waals surface area contributed by atoms with E-state index in [2.05, 4.69) is 40.3 Å². The Kier molecular flexibility index (Phi) is 5.36. The summed E-state index contributed by atoms with van der Waals surface area (Å²) in [7, 11) is 1.75. The fourth-order valence-electron chi connectivity index (χ4n) is 2.27. The molecule has 1 N–H and O–H groups in total. The lowest BCUT2D eigenvalue weighted by molar-refractivity contribution is 0.222. The first kappa shape index (κ1) is 14.0. The summed E-state index contributed by atoms with van der Waals surface area (Å²) in [5.74, 6) is 0. The summed E-state index contributed by atoms with van der Waals surface area (Å²) in [6.07, 6.45) is 5.26. The minimum absolute atomic E-state index is 0.760. The Hall–Kier alpha value is -1.39. The van der Waals surface area contributed by atoms with Gasteiger partial charge in [0.15, 0.2) is 0 Å². The van der Waals surface area contributed by atoms with E-state index in [1.54, 1.807) is 7.11 Å². The van der Waals surface area contributed by atoms with Crippen LogP contribution in [0.4, 0.5) is 5.69 Å². The van der Waals surface area contributed by atoms with Crippen molar-refractivity contribution in [3.63, 3.8) is 0 Å². The lowest BCUT2D eigenvalue weighted by Gasteiger charge is -2.28. The molecule has 104 valence electrons. The monoisotopic (exact) mass is 261 g/mol. The predicted octanol–water partition coefficient (Wildman–Crippen LogP) is 1.97. The van der Waals surface area contributed by atoms with Crippen molar-refractivity contribution >= 4 is 5.69 Å². The number of aromatic nitrogens is 1. The molecule has 0 amide bonds. The van der Waals surface area contributed by atoms with Gasteiger partial charge in [-0.2, -0.15) is 0 Å². The highest BCUT2D eigenvalue weighted by molar-refractivity contribution is 5.48. The third-order valence-electron chi connectivity index (χ3n) is 3.35. The molecule has 19 heavy (non-hydrogen) atoms. The summed E-state index contributed by atoms with van der Waals surface area (Å²) in [5, 5.41) is 3.31. The van der Waals surface area contributed by atoms with Gasteiger partial charge < -0.3 is 15.0 Å². The Morgan fingerprint density at radius 1 is 1.47 bits per heavy atom. The molecule has 0 bridgehead atoms. The molecule has 1 aliphatic heterocycles. The van der Waals surface area contributed by atoms with Gasteiger partial charge in [-0.3, -0.25) is 4.98 Å². The van der Waals surface area contributed by atoms with Gasteiger partial charge in [-0.15, -0.1) is 0 Å². The molecule has 0 saturated heterocycles. The lowest BCUT2D eigenvalue weighted by Crippen LogP contribution is -2.29. The second-order valence-electron chi connectivity index (χ2n) is 4.78. The first-order chi connectivity index (χ1) is 9.33. The maximum absolute atomic E-state index is 5.18. The molecule has 4 heteroatoms. The summed E-state index contributed by atoms with van der Waals surface area (Å²) in [5.41, 5.74) is 3.77. The van der Waals surface area contributed by atoms with Crippen LogP contribution in [0.3, 0.4) is 0 Å². The van der Waals surface area contributed by atoms with Crippen LogP contribution in [0.5, 0.6) is 0 Å². The van der Waals surface area contributed by atoms with E-state index in [0.717, 1.165) is 44.9 Å². The molecular formula is C15H23N3O. The first-order valence-electron chi connectivity index (χ1n) is 6.91. The minimum Gasteiger partial charge on any atom is -0.380 e. The van der Waals surface area contributed by atoms with Crippen LogP contribution in [0, 0.1) is 0 Å². The first-order valence-corrected chi connectivity index (χ1v) is 6.91. The van der Waals surface area contributed by atoms with Crippen molar-refractivity contribution in [1.29, 1.82) is 0 Å². The standard InChI is InChI=1S/C15H23N3O/c1-3-16-11-14-10-15(4-7-17-14)18-8-5-13(6-9-18)12-19-2/h4-5,7,10,16H,3,6,8-9,11-12H2,1-2H3. The zero-order chi connectivity index (χ0) is 13.5. The number of hydrogen-bond acceptors (Lipinski definition) is 4. The summed E-state index contributed by atoms with van der Waals surface area (Å²) < 4.78 is 5.18. The maximum atomic E-state index is 5.18. The fraction of sp³-hybridized carbons (Fsp3) is 0.533. The van der Waals surface area contributed by atoms with Crippen molar-refractivity contribution in [2.45, 2.75) is 19.9 Å². The van der Waals surface area contributed by atoms with E-state index in [9.17, 15) is 0 Å². The summed E-state index contributed by atoms with van der Waals surface area (Å²) in [4.78, 5) is 6.78. The third kappa shape index (κ3) is 4.04. The zero-order valence-electron chi connectivity index (χ0n) is 11.9. The normalized spacial score (nSPS) is 15.5. The van der Waals surface area contributed by atoms with E-state index in [1.165, 1.54) is 11.3 Å². The Bertz CT molecular complexity index is 431. The molecule has 0 fully saturated rings. The van der Waals surface area contributed by atoms with E-state index in [-0.39, 0.29) is 0 Å². The molecule has 2 rings (SSSR count). The van der Waals surface area contributed by atoms with E-state index >= 15 is 0 Å². The van der Waals surface area contributed by atoms with Crippen molar-refractivity contribution < 1.29 is 4.74 Å². The van der Waals surface area contributed by atoms with Crippen LogP contribution in [0.1, 0.15) is 19.0 Å². The molecule has 0 saturated carbocycles. The van der Waals surface area contributed by atoms with E-state index in [0.29, 0.717) is 0 Å². The predicted molar refractivity (Wildman–Crippen MR) is 78.4 cm³/mol. The number of ether oxygens (including phenoxy) is 1. The SMILES string of the molecule is CCNCc1cc(N2CC=C(COC)CC2)ccn1. The molecule has 0 aromatic carbocycles. The molecule has 0 unspecified atom stereocenters. The molecular weight excluding hydrogens is 238 g/mol. The molecule has 0 atom stereocenters. The number of methoxy groups -OCH3 is 1. The topological polar surface area (TPSA) is 37.4 Å². The average molecular weight is 261 g/mol. The van der Waals surface area contributed by atoms with Gasteiger partial charge in [0, 0.05) is 38.6 Å². The van der Waals surface area contributed by atoms with Gasteiger partial charge in [0.05, 0.1) is 12.3 Å². The number of anilines is 1.